The van der Waals surface area contributed by atoms with Crippen LogP contribution in [0.2, 0.25) is 15.1 Å². The standard InChI is InChI=1S/C24H29Cl3N4O5/c1-24(30-23(33)34,13-36-21-9-15(25)3-4-17(21)26)31-7-5-14(6-8-31)12-29-22(32)16-10-18(27)19(28)11-20(16)35-2/h3-4,9-11,14,30H,5-8,12-13,28H2,1-2H3,(H,29,32)(H,33,34). The molecule has 0 saturated carbocycles. The van der Waals surface area contributed by atoms with Crippen LogP contribution in [0.1, 0.15) is 30.1 Å². The molecule has 1 heterocycles. The van der Waals surface area contributed by atoms with Gasteiger partial charge in [0.15, 0.2) is 0 Å². The highest BCUT2D eigenvalue weighted by Gasteiger charge is 2.37. The summed E-state index contributed by atoms with van der Waals surface area (Å²) >= 11 is 18.3. The molecule has 2 aromatic rings. The van der Waals surface area contributed by atoms with Crippen LogP contribution in [0.5, 0.6) is 11.5 Å². The monoisotopic (exact) mass is 558 g/mol. The van der Waals surface area contributed by atoms with Gasteiger partial charge in [-0.25, -0.2) is 4.79 Å². The number of benzene rings is 2. The van der Waals surface area contributed by atoms with Crippen molar-refractivity contribution in [2.75, 3.05) is 39.1 Å². The Morgan fingerprint density at radius 2 is 1.83 bits per heavy atom. The number of carboxylic acid groups (broad SMARTS) is 1. The van der Waals surface area contributed by atoms with Crippen molar-refractivity contribution < 1.29 is 24.2 Å². The third-order valence-corrected chi connectivity index (χ3v) is 7.08. The van der Waals surface area contributed by atoms with Gasteiger partial charge in [-0.3, -0.25) is 9.69 Å². The van der Waals surface area contributed by atoms with E-state index in [-0.39, 0.29) is 23.5 Å². The van der Waals surface area contributed by atoms with Gasteiger partial charge in [0.05, 0.1) is 28.4 Å². The van der Waals surface area contributed by atoms with Crippen molar-refractivity contribution in [3.8, 4) is 11.5 Å². The first-order chi connectivity index (χ1) is 17.0. The largest absolute Gasteiger partial charge is 0.496 e. The molecule has 12 heteroatoms. The number of hydrogen-bond donors (Lipinski definition) is 4. The Morgan fingerprint density at radius 1 is 1.14 bits per heavy atom. The molecule has 9 nitrogen and oxygen atoms in total. The van der Waals surface area contributed by atoms with E-state index in [4.69, 9.17) is 50.0 Å². The summed E-state index contributed by atoms with van der Waals surface area (Å²) in [7, 11) is 1.46. The van der Waals surface area contributed by atoms with Gasteiger partial charge in [0.25, 0.3) is 5.91 Å². The number of hydrogen-bond acceptors (Lipinski definition) is 6. The first-order valence-corrected chi connectivity index (χ1v) is 12.4. The number of likely N-dealkylation sites (tertiary alicyclic amines) is 1. The van der Waals surface area contributed by atoms with Gasteiger partial charge in [0.1, 0.15) is 23.8 Å². The third-order valence-electron chi connectivity index (χ3n) is 6.21. The van der Waals surface area contributed by atoms with Gasteiger partial charge in [0.2, 0.25) is 0 Å². The summed E-state index contributed by atoms with van der Waals surface area (Å²) in [5.74, 6) is 0.621. The van der Waals surface area contributed by atoms with Crippen LogP contribution in [-0.2, 0) is 0 Å². The smallest absolute Gasteiger partial charge is 0.406 e. The Kier molecular flexibility index (Phi) is 9.41. The van der Waals surface area contributed by atoms with E-state index in [1.54, 1.807) is 25.1 Å². The third kappa shape index (κ3) is 7.00. The lowest BCUT2D eigenvalue weighted by atomic mass is 9.94. The van der Waals surface area contributed by atoms with E-state index in [9.17, 15) is 14.7 Å². The van der Waals surface area contributed by atoms with Crippen LogP contribution in [0.25, 0.3) is 0 Å². The van der Waals surface area contributed by atoms with E-state index in [0.717, 1.165) is 12.8 Å². The van der Waals surface area contributed by atoms with Crippen LogP contribution in [0.3, 0.4) is 0 Å². The minimum Gasteiger partial charge on any atom is -0.496 e. The van der Waals surface area contributed by atoms with Crippen molar-refractivity contribution >= 4 is 52.5 Å². The molecule has 0 bridgehead atoms. The van der Waals surface area contributed by atoms with Crippen LogP contribution in [0.15, 0.2) is 30.3 Å². The van der Waals surface area contributed by atoms with Crippen molar-refractivity contribution in [1.82, 2.24) is 15.5 Å². The summed E-state index contributed by atoms with van der Waals surface area (Å²) in [6.07, 6.45) is 0.326. The van der Waals surface area contributed by atoms with E-state index < -0.39 is 11.8 Å². The summed E-state index contributed by atoms with van der Waals surface area (Å²) in [5.41, 5.74) is 5.43. The van der Waals surface area contributed by atoms with E-state index >= 15 is 0 Å². The molecule has 1 fully saturated rings. The fraction of sp³-hybridized carbons (Fsp3) is 0.417. The first-order valence-electron chi connectivity index (χ1n) is 11.3. The Morgan fingerprint density at radius 3 is 2.47 bits per heavy atom. The van der Waals surface area contributed by atoms with Gasteiger partial charge >= 0.3 is 6.09 Å². The molecule has 1 aliphatic heterocycles. The zero-order chi connectivity index (χ0) is 26.5. The van der Waals surface area contributed by atoms with Gasteiger partial charge < -0.3 is 30.9 Å². The Hall–Kier alpha value is -2.59. The Bertz CT molecular complexity index is 1110. The van der Waals surface area contributed by atoms with E-state index in [1.807, 2.05) is 4.90 Å². The number of carbonyl (C=O) groups excluding carboxylic acids is 1. The maximum absolute atomic E-state index is 12.7. The highest BCUT2D eigenvalue weighted by Crippen LogP contribution is 2.31. The molecule has 1 unspecified atom stereocenters. The molecule has 1 saturated heterocycles. The number of carbonyl (C=O) groups is 2. The normalized spacial score (nSPS) is 16.1. The molecule has 196 valence electrons. The van der Waals surface area contributed by atoms with E-state index in [2.05, 4.69) is 10.6 Å². The van der Waals surface area contributed by atoms with Crippen LogP contribution >= 0.6 is 34.8 Å². The van der Waals surface area contributed by atoms with Crippen molar-refractivity contribution in [2.45, 2.75) is 25.4 Å². The second-order valence-electron chi connectivity index (χ2n) is 8.78. The number of nitrogens with two attached hydrogens (primary N) is 1. The van der Waals surface area contributed by atoms with Crippen molar-refractivity contribution in [3.63, 3.8) is 0 Å². The second-order valence-corrected chi connectivity index (χ2v) is 10.0. The zero-order valence-electron chi connectivity index (χ0n) is 19.9. The average Bonchev–Trinajstić information content (AvgIpc) is 2.84. The molecule has 36 heavy (non-hydrogen) atoms. The van der Waals surface area contributed by atoms with E-state index in [0.29, 0.717) is 52.4 Å². The van der Waals surface area contributed by atoms with Crippen LogP contribution < -0.4 is 25.8 Å². The molecular formula is C24H29Cl3N4O5. The van der Waals surface area contributed by atoms with E-state index in [1.165, 1.54) is 19.2 Å². The van der Waals surface area contributed by atoms with Crippen LogP contribution in [-0.4, -0.2) is 61.0 Å². The summed E-state index contributed by atoms with van der Waals surface area (Å²) < 4.78 is 11.1. The lowest BCUT2D eigenvalue weighted by Gasteiger charge is -2.44. The number of halogens is 3. The van der Waals surface area contributed by atoms with Gasteiger partial charge in [-0.05, 0) is 43.9 Å². The number of piperidine rings is 1. The van der Waals surface area contributed by atoms with Crippen molar-refractivity contribution in [2.24, 2.45) is 5.92 Å². The first kappa shape index (κ1) is 28.0. The van der Waals surface area contributed by atoms with Gasteiger partial charge in [0, 0.05) is 36.8 Å². The molecule has 1 aliphatic rings. The highest BCUT2D eigenvalue weighted by molar-refractivity contribution is 6.34. The molecule has 0 aliphatic carbocycles. The lowest BCUT2D eigenvalue weighted by Crippen LogP contribution is -2.63. The lowest BCUT2D eigenvalue weighted by molar-refractivity contribution is 0.00451. The molecule has 3 rings (SSSR count). The number of amides is 2. The molecule has 2 amide bonds. The average molecular weight is 560 g/mol. The second kappa shape index (κ2) is 12.1. The topological polar surface area (TPSA) is 126 Å². The number of anilines is 1. The van der Waals surface area contributed by atoms with Crippen molar-refractivity contribution in [3.05, 3.63) is 51.0 Å². The number of ether oxygens (including phenoxy) is 2. The molecule has 0 spiro atoms. The fourth-order valence-electron chi connectivity index (χ4n) is 4.12. The Labute approximate surface area is 224 Å². The predicted octanol–water partition coefficient (Wildman–Crippen LogP) is 4.74. The highest BCUT2D eigenvalue weighted by atomic mass is 35.5. The number of methoxy groups -OCH3 is 1. The van der Waals surface area contributed by atoms with Crippen LogP contribution in [0, 0.1) is 5.92 Å². The predicted molar refractivity (Wildman–Crippen MR) is 141 cm³/mol. The Balaban J connectivity index is 1.59. The minimum absolute atomic E-state index is 0.0262. The molecule has 0 radical (unpaired) electrons. The minimum atomic E-state index is -1.16. The maximum atomic E-state index is 12.7. The quantitative estimate of drug-likeness (QED) is 0.327. The summed E-state index contributed by atoms with van der Waals surface area (Å²) in [6.45, 7) is 3.44. The number of rotatable bonds is 9. The van der Waals surface area contributed by atoms with Crippen molar-refractivity contribution in [1.29, 1.82) is 0 Å². The number of nitrogen functional groups attached to an aromatic ring is 1. The molecular weight excluding hydrogens is 531 g/mol. The van der Waals surface area contributed by atoms with Gasteiger partial charge in [-0.2, -0.15) is 0 Å². The molecule has 1 atom stereocenters. The summed E-state index contributed by atoms with van der Waals surface area (Å²) in [5, 5.41) is 16.1. The SMILES string of the molecule is COc1cc(N)c(Cl)cc1C(=O)NCC1CCN(C(C)(COc2cc(Cl)ccc2Cl)NC(=O)O)CC1. The number of nitrogens with zero attached hydrogens (tertiary/aromatic N) is 1. The van der Waals surface area contributed by atoms with Gasteiger partial charge in [-0.15, -0.1) is 0 Å². The molecule has 5 N–H and O–H groups in total. The number of nitrogens with one attached hydrogen (secondary N) is 2. The maximum Gasteiger partial charge on any atom is 0.406 e. The zero-order valence-corrected chi connectivity index (χ0v) is 22.2. The van der Waals surface area contributed by atoms with Crippen LogP contribution in [0.4, 0.5) is 10.5 Å². The fourth-order valence-corrected chi connectivity index (χ4v) is 4.62. The van der Waals surface area contributed by atoms with Gasteiger partial charge in [-0.1, -0.05) is 34.8 Å². The molecule has 2 aromatic carbocycles. The summed E-state index contributed by atoms with van der Waals surface area (Å²) in [6, 6.07) is 7.86. The summed E-state index contributed by atoms with van der Waals surface area (Å²) in [4.78, 5) is 26.3. The molecule has 0 aromatic heterocycles.